The minimum absolute atomic E-state index is 0.662. The zero-order chi connectivity index (χ0) is 15.9. The lowest BCUT2D eigenvalue weighted by molar-refractivity contribution is 0.209. The van der Waals surface area contributed by atoms with Crippen LogP contribution in [0.3, 0.4) is 0 Å². The molecule has 0 heterocycles. The summed E-state index contributed by atoms with van der Waals surface area (Å²) in [6.07, 6.45) is 2.52. The van der Waals surface area contributed by atoms with E-state index in [1.807, 2.05) is 72.8 Å². The highest BCUT2D eigenvalue weighted by Gasteiger charge is 2.15. The Kier molecular flexibility index (Phi) is 5.70. The number of aliphatic hydroxyl groups is 2. The molecule has 0 saturated heterocycles. The molecule has 114 valence electrons. The molecule has 2 aromatic carbocycles. The van der Waals surface area contributed by atoms with Gasteiger partial charge in [-0.3, -0.25) is 0 Å². The van der Waals surface area contributed by atoms with Gasteiger partial charge in [-0.05, 0) is 48.3 Å². The van der Waals surface area contributed by atoms with Crippen molar-refractivity contribution in [1.82, 2.24) is 0 Å². The monoisotopic (exact) mass is 294 g/mol. The Hall–Kier alpha value is -2.16. The molecule has 0 aliphatic heterocycles. The lowest BCUT2D eigenvalue weighted by Crippen LogP contribution is -2.15. The van der Waals surface area contributed by atoms with E-state index in [1.165, 1.54) is 0 Å². The highest BCUT2D eigenvalue weighted by molar-refractivity contribution is 5.67. The second-order valence-electron chi connectivity index (χ2n) is 5.37. The second-order valence-corrected chi connectivity index (χ2v) is 5.37. The summed E-state index contributed by atoms with van der Waals surface area (Å²) in [5.74, 6) is 0. The number of benzene rings is 2. The van der Waals surface area contributed by atoms with Gasteiger partial charge in [0.15, 0.2) is 0 Å². The van der Waals surface area contributed by atoms with Crippen molar-refractivity contribution in [3.63, 3.8) is 0 Å². The maximum atomic E-state index is 10.2. The zero-order valence-corrected chi connectivity index (χ0v) is 13.0. The Morgan fingerprint density at radius 1 is 0.682 bits per heavy atom. The van der Waals surface area contributed by atoms with Crippen molar-refractivity contribution in [2.75, 3.05) is 0 Å². The van der Waals surface area contributed by atoms with Gasteiger partial charge in [-0.15, -0.1) is 0 Å². The molecule has 0 aliphatic carbocycles. The molecule has 2 nitrogen and oxygen atoms in total. The van der Waals surface area contributed by atoms with Crippen molar-refractivity contribution in [2.45, 2.75) is 26.1 Å². The van der Waals surface area contributed by atoms with Gasteiger partial charge in [-0.2, -0.15) is 0 Å². The van der Waals surface area contributed by atoms with Gasteiger partial charge in [0, 0.05) is 0 Å². The average Bonchev–Trinajstić information content (AvgIpc) is 2.52. The third kappa shape index (κ3) is 4.42. The first-order valence-electron chi connectivity index (χ1n) is 7.47. The van der Waals surface area contributed by atoms with Crippen molar-refractivity contribution in [2.24, 2.45) is 0 Å². The number of hydrogen-bond donors (Lipinski definition) is 2. The van der Waals surface area contributed by atoms with Crippen LogP contribution in [0.2, 0.25) is 0 Å². The van der Waals surface area contributed by atoms with Crippen LogP contribution in [0.5, 0.6) is 0 Å². The molecule has 0 aliphatic rings. The molecule has 2 N–H and O–H groups in total. The Labute approximate surface area is 132 Å². The first-order chi connectivity index (χ1) is 10.6. The Bertz CT molecular complexity index is 578. The standard InChI is InChI=1S/C20H22O2/c1-15(21)19(13-17-9-5-3-6-10-17)20(16(2)22)14-18-11-7-4-8-12-18/h3-16,21-22H,1-2H3. The highest BCUT2D eigenvalue weighted by Crippen LogP contribution is 2.24. The first-order valence-corrected chi connectivity index (χ1v) is 7.47. The molecule has 0 aromatic heterocycles. The van der Waals surface area contributed by atoms with Gasteiger partial charge in [0.05, 0.1) is 12.2 Å². The average molecular weight is 294 g/mol. The van der Waals surface area contributed by atoms with Crippen LogP contribution in [-0.2, 0) is 0 Å². The molecule has 0 radical (unpaired) electrons. The van der Waals surface area contributed by atoms with Crippen LogP contribution >= 0.6 is 0 Å². The zero-order valence-electron chi connectivity index (χ0n) is 13.0. The van der Waals surface area contributed by atoms with Crippen LogP contribution in [0, 0.1) is 0 Å². The Morgan fingerprint density at radius 3 is 1.27 bits per heavy atom. The lowest BCUT2D eigenvalue weighted by atomic mass is 9.93. The van der Waals surface area contributed by atoms with Crippen LogP contribution in [0.1, 0.15) is 25.0 Å². The van der Waals surface area contributed by atoms with Gasteiger partial charge >= 0.3 is 0 Å². The van der Waals surface area contributed by atoms with Crippen LogP contribution in [0.15, 0.2) is 71.8 Å². The van der Waals surface area contributed by atoms with Crippen LogP contribution in [0.25, 0.3) is 12.2 Å². The van der Waals surface area contributed by atoms with Crippen LogP contribution in [0.4, 0.5) is 0 Å². The van der Waals surface area contributed by atoms with Crippen molar-refractivity contribution in [3.8, 4) is 0 Å². The van der Waals surface area contributed by atoms with Gasteiger partial charge < -0.3 is 10.2 Å². The molecule has 2 unspecified atom stereocenters. The Morgan fingerprint density at radius 2 is 1.00 bits per heavy atom. The molecule has 0 fully saturated rings. The van der Waals surface area contributed by atoms with Crippen molar-refractivity contribution < 1.29 is 10.2 Å². The van der Waals surface area contributed by atoms with E-state index in [0.29, 0.717) is 0 Å². The SMILES string of the molecule is CC(O)C(=Cc1ccccc1)C(=Cc1ccccc1)C(C)O. The summed E-state index contributed by atoms with van der Waals surface area (Å²) in [6.45, 7) is 3.44. The molecular weight excluding hydrogens is 272 g/mol. The summed E-state index contributed by atoms with van der Waals surface area (Å²) >= 11 is 0. The number of hydrogen-bond acceptors (Lipinski definition) is 2. The third-order valence-electron chi connectivity index (χ3n) is 3.48. The van der Waals surface area contributed by atoms with Gasteiger partial charge in [0.25, 0.3) is 0 Å². The van der Waals surface area contributed by atoms with E-state index in [0.717, 1.165) is 22.3 Å². The fraction of sp³-hybridized carbons (Fsp3) is 0.200. The number of rotatable bonds is 5. The van der Waals surface area contributed by atoms with Crippen LogP contribution in [-0.4, -0.2) is 22.4 Å². The van der Waals surface area contributed by atoms with Gasteiger partial charge in [0.2, 0.25) is 0 Å². The summed E-state index contributed by atoms with van der Waals surface area (Å²) in [5, 5.41) is 20.3. The minimum Gasteiger partial charge on any atom is -0.389 e. The molecule has 2 atom stereocenters. The first kappa shape index (κ1) is 16.2. The highest BCUT2D eigenvalue weighted by atomic mass is 16.3. The molecule has 0 bridgehead atoms. The summed E-state index contributed by atoms with van der Waals surface area (Å²) in [6, 6.07) is 19.6. The van der Waals surface area contributed by atoms with E-state index >= 15 is 0 Å². The Balaban J connectivity index is 2.48. The molecule has 0 spiro atoms. The van der Waals surface area contributed by atoms with Gasteiger partial charge in [-0.25, -0.2) is 0 Å². The lowest BCUT2D eigenvalue weighted by Gasteiger charge is -2.18. The molecule has 0 amide bonds. The molecule has 2 aromatic rings. The van der Waals surface area contributed by atoms with Crippen molar-refractivity contribution in [3.05, 3.63) is 82.9 Å². The van der Waals surface area contributed by atoms with Crippen molar-refractivity contribution in [1.29, 1.82) is 0 Å². The third-order valence-corrected chi connectivity index (χ3v) is 3.48. The normalized spacial score (nSPS) is 15.5. The van der Waals surface area contributed by atoms with Gasteiger partial charge in [-0.1, -0.05) is 60.7 Å². The fourth-order valence-corrected chi connectivity index (χ4v) is 2.35. The fourth-order valence-electron chi connectivity index (χ4n) is 2.35. The topological polar surface area (TPSA) is 40.5 Å². The summed E-state index contributed by atoms with van der Waals surface area (Å²) in [4.78, 5) is 0. The maximum absolute atomic E-state index is 10.2. The smallest absolute Gasteiger partial charge is 0.0765 e. The van der Waals surface area contributed by atoms with E-state index in [4.69, 9.17) is 0 Å². The minimum atomic E-state index is -0.662. The molecule has 2 heteroatoms. The maximum Gasteiger partial charge on any atom is 0.0765 e. The van der Waals surface area contributed by atoms with E-state index in [9.17, 15) is 10.2 Å². The summed E-state index contributed by atoms with van der Waals surface area (Å²) < 4.78 is 0. The van der Waals surface area contributed by atoms with Crippen molar-refractivity contribution >= 4 is 12.2 Å². The second kappa shape index (κ2) is 7.74. The largest absolute Gasteiger partial charge is 0.389 e. The predicted octanol–water partition coefficient (Wildman–Crippen LogP) is 3.92. The van der Waals surface area contributed by atoms with E-state index in [-0.39, 0.29) is 0 Å². The molecule has 22 heavy (non-hydrogen) atoms. The molecular formula is C20H22O2. The summed E-state index contributed by atoms with van der Waals surface area (Å²) in [5.41, 5.74) is 3.45. The molecule has 2 rings (SSSR count). The van der Waals surface area contributed by atoms with E-state index in [1.54, 1.807) is 13.8 Å². The molecule has 0 saturated carbocycles. The van der Waals surface area contributed by atoms with E-state index < -0.39 is 12.2 Å². The van der Waals surface area contributed by atoms with Crippen LogP contribution < -0.4 is 0 Å². The van der Waals surface area contributed by atoms with E-state index in [2.05, 4.69) is 0 Å². The quantitative estimate of drug-likeness (QED) is 0.821. The summed E-state index contributed by atoms with van der Waals surface area (Å²) in [7, 11) is 0. The van der Waals surface area contributed by atoms with Gasteiger partial charge in [0.1, 0.15) is 0 Å². The predicted molar refractivity (Wildman–Crippen MR) is 92.2 cm³/mol. The number of aliphatic hydroxyl groups excluding tert-OH is 2.